The van der Waals surface area contributed by atoms with Crippen molar-refractivity contribution >= 4 is 12.2 Å². The van der Waals surface area contributed by atoms with Gasteiger partial charge < -0.3 is 19.5 Å². The number of benzene rings is 1. The number of hydrogen-bond acceptors (Lipinski definition) is 5. The van der Waals surface area contributed by atoms with Crippen molar-refractivity contribution in [3.8, 4) is 0 Å². The first kappa shape index (κ1) is 26.5. The molecule has 2 atom stereocenters. The minimum atomic E-state index is -0.706. The molecule has 0 saturated heterocycles. The van der Waals surface area contributed by atoms with Crippen molar-refractivity contribution in [1.29, 1.82) is 0 Å². The topological polar surface area (TPSA) is 73.9 Å². The number of rotatable bonds is 13. The van der Waals surface area contributed by atoms with E-state index in [2.05, 4.69) is 18.8 Å². The lowest BCUT2D eigenvalue weighted by molar-refractivity contribution is 0.0103. The molecule has 1 rings (SSSR count). The zero-order valence-electron chi connectivity index (χ0n) is 19.5. The predicted octanol–water partition coefficient (Wildman–Crippen LogP) is 6.54. The zero-order chi connectivity index (χ0) is 23.1. The average Bonchev–Trinajstić information content (AvgIpc) is 2.70. The van der Waals surface area contributed by atoms with Gasteiger partial charge in [-0.3, -0.25) is 0 Å². The molecule has 0 aliphatic carbocycles. The minimum absolute atomic E-state index is 0.157. The van der Waals surface area contributed by atoms with E-state index in [0.717, 1.165) is 24.8 Å². The minimum Gasteiger partial charge on any atom is -0.444 e. The Balaban J connectivity index is 2.62. The lowest BCUT2D eigenvalue weighted by Gasteiger charge is -2.25. The summed E-state index contributed by atoms with van der Waals surface area (Å²) in [4.78, 5) is 24.4. The summed E-state index contributed by atoms with van der Waals surface area (Å²) in [5.74, 6) is 0. The summed E-state index contributed by atoms with van der Waals surface area (Å²) in [5.41, 5.74) is 0.304. The lowest BCUT2D eigenvalue weighted by atomic mass is 10.0. The number of unbranched alkanes of at least 4 members (excludes halogenated alkanes) is 4. The van der Waals surface area contributed by atoms with Crippen molar-refractivity contribution in [2.24, 2.45) is 0 Å². The van der Waals surface area contributed by atoms with Gasteiger partial charge in [-0.2, -0.15) is 0 Å². The SMILES string of the molecule is C=C[C@@H](C[C@H](CCCCCCC)OC(=O)OCc1ccccc1)NC(=O)OC(C)(C)C. The normalized spacial score (nSPS) is 13.0. The van der Waals surface area contributed by atoms with Crippen LogP contribution >= 0.6 is 0 Å². The van der Waals surface area contributed by atoms with Crippen molar-refractivity contribution in [3.05, 3.63) is 48.6 Å². The molecule has 0 fully saturated rings. The van der Waals surface area contributed by atoms with Crippen LogP contribution in [0.3, 0.4) is 0 Å². The van der Waals surface area contributed by atoms with E-state index in [4.69, 9.17) is 14.2 Å². The highest BCUT2D eigenvalue weighted by atomic mass is 16.7. The number of nitrogens with one attached hydrogen (secondary N) is 1. The first-order valence-corrected chi connectivity index (χ1v) is 11.2. The molecule has 174 valence electrons. The van der Waals surface area contributed by atoms with E-state index >= 15 is 0 Å². The molecule has 0 bridgehead atoms. The first-order chi connectivity index (χ1) is 14.7. The quantitative estimate of drug-likeness (QED) is 0.217. The Morgan fingerprint density at radius 2 is 1.77 bits per heavy atom. The van der Waals surface area contributed by atoms with E-state index in [-0.39, 0.29) is 18.8 Å². The molecule has 6 heteroatoms. The third-order valence-corrected chi connectivity index (χ3v) is 4.60. The molecule has 0 aromatic heterocycles. The summed E-state index contributed by atoms with van der Waals surface area (Å²) in [6.07, 6.45) is 6.66. The van der Waals surface area contributed by atoms with Gasteiger partial charge in [0.05, 0.1) is 6.04 Å². The van der Waals surface area contributed by atoms with Gasteiger partial charge in [0.2, 0.25) is 0 Å². The molecule has 0 aliphatic heterocycles. The second-order valence-corrected chi connectivity index (χ2v) is 8.69. The predicted molar refractivity (Wildman–Crippen MR) is 123 cm³/mol. The largest absolute Gasteiger partial charge is 0.508 e. The van der Waals surface area contributed by atoms with E-state index < -0.39 is 17.8 Å². The van der Waals surface area contributed by atoms with Gasteiger partial charge in [0, 0.05) is 6.42 Å². The summed E-state index contributed by atoms with van der Waals surface area (Å²) >= 11 is 0. The summed E-state index contributed by atoms with van der Waals surface area (Å²) < 4.78 is 16.2. The van der Waals surface area contributed by atoms with Gasteiger partial charge in [0.1, 0.15) is 18.3 Å². The molecule has 31 heavy (non-hydrogen) atoms. The summed E-state index contributed by atoms with van der Waals surface area (Å²) in [7, 11) is 0. The fourth-order valence-electron chi connectivity index (χ4n) is 3.04. The Hall–Kier alpha value is -2.50. The smallest absolute Gasteiger partial charge is 0.444 e. The van der Waals surface area contributed by atoms with Crippen LogP contribution in [0.2, 0.25) is 0 Å². The van der Waals surface area contributed by atoms with Gasteiger partial charge in [0.25, 0.3) is 0 Å². The molecule has 0 aliphatic rings. The monoisotopic (exact) mass is 433 g/mol. The van der Waals surface area contributed by atoms with E-state index in [0.29, 0.717) is 12.8 Å². The van der Waals surface area contributed by atoms with E-state index in [1.165, 1.54) is 12.8 Å². The highest BCUT2D eigenvalue weighted by Gasteiger charge is 2.23. The van der Waals surface area contributed by atoms with Gasteiger partial charge in [-0.05, 0) is 39.2 Å². The lowest BCUT2D eigenvalue weighted by Crippen LogP contribution is -2.40. The molecule has 1 aromatic carbocycles. The summed E-state index contributed by atoms with van der Waals surface area (Å²) in [6.45, 7) is 11.5. The number of hydrogen-bond donors (Lipinski definition) is 1. The Morgan fingerprint density at radius 3 is 2.39 bits per heavy atom. The Morgan fingerprint density at radius 1 is 1.10 bits per heavy atom. The maximum Gasteiger partial charge on any atom is 0.508 e. The number of carbonyl (C=O) groups excluding carboxylic acids is 2. The molecule has 0 spiro atoms. The van der Waals surface area contributed by atoms with Crippen molar-refractivity contribution < 1.29 is 23.8 Å². The van der Waals surface area contributed by atoms with Crippen LogP contribution in [0.1, 0.15) is 78.2 Å². The van der Waals surface area contributed by atoms with E-state index in [1.54, 1.807) is 26.8 Å². The van der Waals surface area contributed by atoms with Crippen molar-refractivity contribution in [2.45, 2.75) is 97.0 Å². The van der Waals surface area contributed by atoms with Crippen LogP contribution < -0.4 is 5.32 Å². The van der Waals surface area contributed by atoms with Crippen LogP contribution in [-0.4, -0.2) is 30.0 Å². The fourth-order valence-corrected chi connectivity index (χ4v) is 3.04. The Kier molecular flexibility index (Phi) is 12.4. The second kappa shape index (κ2) is 14.5. The summed E-state index contributed by atoms with van der Waals surface area (Å²) in [5, 5.41) is 2.78. The molecule has 1 N–H and O–H groups in total. The molecular formula is C25H39NO5. The third-order valence-electron chi connectivity index (χ3n) is 4.60. The molecule has 6 nitrogen and oxygen atoms in total. The van der Waals surface area contributed by atoms with Gasteiger partial charge in [-0.1, -0.05) is 69.0 Å². The highest BCUT2D eigenvalue weighted by Crippen LogP contribution is 2.16. The van der Waals surface area contributed by atoms with Crippen LogP contribution in [0.15, 0.2) is 43.0 Å². The van der Waals surface area contributed by atoms with Crippen molar-refractivity contribution in [1.82, 2.24) is 5.32 Å². The van der Waals surface area contributed by atoms with Crippen LogP contribution in [-0.2, 0) is 20.8 Å². The van der Waals surface area contributed by atoms with Gasteiger partial charge in [-0.15, -0.1) is 6.58 Å². The van der Waals surface area contributed by atoms with E-state index in [9.17, 15) is 9.59 Å². The Labute approximate surface area is 187 Å². The molecular weight excluding hydrogens is 394 g/mol. The molecule has 0 saturated carbocycles. The Bertz CT molecular complexity index is 654. The van der Waals surface area contributed by atoms with Crippen LogP contribution in [0.5, 0.6) is 0 Å². The number of ether oxygens (including phenoxy) is 3. The molecule has 1 aromatic rings. The average molecular weight is 434 g/mol. The first-order valence-electron chi connectivity index (χ1n) is 11.2. The van der Waals surface area contributed by atoms with Crippen LogP contribution in [0.4, 0.5) is 9.59 Å². The van der Waals surface area contributed by atoms with Gasteiger partial charge >= 0.3 is 12.2 Å². The van der Waals surface area contributed by atoms with Crippen LogP contribution in [0.25, 0.3) is 0 Å². The van der Waals surface area contributed by atoms with Gasteiger partial charge in [0.15, 0.2) is 0 Å². The van der Waals surface area contributed by atoms with Crippen molar-refractivity contribution in [2.75, 3.05) is 0 Å². The number of alkyl carbamates (subject to hydrolysis) is 1. The maximum absolute atomic E-state index is 12.3. The molecule has 0 heterocycles. The van der Waals surface area contributed by atoms with Crippen molar-refractivity contribution in [3.63, 3.8) is 0 Å². The fraction of sp³-hybridized carbons (Fsp3) is 0.600. The van der Waals surface area contributed by atoms with Gasteiger partial charge in [-0.25, -0.2) is 9.59 Å². The maximum atomic E-state index is 12.3. The zero-order valence-corrected chi connectivity index (χ0v) is 19.5. The standard InChI is InChI=1S/C25H39NO5/c1-6-8-9-10-14-17-22(18-21(7-2)26-23(27)31-25(3,4)5)30-24(28)29-19-20-15-12-11-13-16-20/h7,11-13,15-16,21-22H,2,6,8-10,14,17-19H2,1,3-5H3,(H,26,27)/t21-,22-/m0/s1. The molecule has 0 radical (unpaired) electrons. The second-order valence-electron chi connectivity index (χ2n) is 8.69. The number of amides is 1. The highest BCUT2D eigenvalue weighted by molar-refractivity contribution is 5.68. The van der Waals surface area contributed by atoms with Crippen LogP contribution in [0, 0.1) is 0 Å². The molecule has 1 amide bonds. The summed E-state index contributed by atoms with van der Waals surface area (Å²) in [6, 6.07) is 9.08. The number of carbonyl (C=O) groups is 2. The van der Waals surface area contributed by atoms with E-state index in [1.807, 2.05) is 30.3 Å². The third kappa shape index (κ3) is 13.4. The molecule has 0 unspecified atom stereocenters.